The molecule has 1 aliphatic rings. The molecule has 0 atom stereocenters. The number of aromatic nitrogens is 2. The van der Waals surface area contributed by atoms with Gasteiger partial charge in [-0.05, 0) is 55.5 Å². The van der Waals surface area contributed by atoms with Crippen LogP contribution in [0.15, 0.2) is 30.5 Å². The van der Waals surface area contributed by atoms with E-state index in [2.05, 4.69) is 20.9 Å². The average molecular weight is 412 g/mol. The standard InChI is InChI=1S/C23H23F3N4/c1-14-7-18-19(11-27)23(30(17-3-2-4-17)22(18)8-20(14)26)21-6-5-15(13-29-21)12-28-16(9-24)10-25/h5-8,13,16-17,28H,2-4,9-10,12H2,1H3. The SMILES string of the molecule is Cc1cc2c(C#N)c(-c3ccc(CNC(CF)CF)cn3)n(C3CCC3)c2cc1F. The van der Waals surface area contributed by atoms with E-state index < -0.39 is 19.4 Å². The molecule has 0 radical (unpaired) electrons. The topological polar surface area (TPSA) is 53.6 Å². The first-order chi connectivity index (χ1) is 14.6. The number of alkyl halides is 2. The fourth-order valence-electron chi connectivity index (χ4n) is 3.91. The van der Waals surface area contributed by atoms with E-state index in [4.69, 9.17) is 0 Å². The van der Waals surface area contributed by atoms with E-state index in [1.165, 1.54) is 6.07 Å². The number of nitrogens with zero attached hydrogens (tertiary/aromatic N) is 3. The molecule has 156 valence electrons. The highest BCUT2D eigenvalue weighted by molar-refractivity contribution is 5.94. The summed E-state index contributed by atoms with van der Waals surface area (Å²) in [4.78, 5) is 4.54. The molecule has 3 aromatic rings. The predicted molar refractivity (Wildman–Crippen MR) is 110 cm³/mol. The second-order valence-electron chi connectivity index (χ2n) is 7.85. The maximum absolute atomic E-state index is 14.4. The zero-order valence-electron chi connectivity index (χ0n) is 16.8. The number of pyridine rings is 1. The molecule has 7 heteroatoms. The number of benzene rings is 1. The fraction of sp³-hybridized carbons (Fsp3) is 0.391. The first-order valence-corrected chi connectivity index (χ1v) is 10.1. The third-order valence-electron chi connectivity index (χ3n) is 5.87. The fourth-order valence-corrected chi connectivity index (χ4v) is 3.91. The summed E-state index contributed by atoms with van der Waals surface area (Å²) >= 11 is 0. The minimum atomic E-state index is -0.825. The highest BCUT2D eigenvalue weighted by atomic mass is 19.1. The van der Waals surface area contributed by atoms with Crippen LogP contribution in [0, 0.1) is 24.1 Å². The third kappa shape index (κ3) is 3.56. The summed E-state index contributed by atoms with van der Waals surface area (Å²) in [5, 5.41) is 13.5. The summed E-state index contributed by atoms with van der Waals surface area (Å²) in [6, 6.07) is 8.57. The summed E-state index contributed by atoms with van der Waals surface area (Å²) in [6.07, 6.45) is 4.70. The first kappa shape index (κ1) is 20.4. The Kier molecular flexibility index (Phi) is 5.78. The van der Waals surface area contributed by atoms with Crippen LogP contribution in [0.1, 0.15) is 42.0 Å². The van der Waals surface area contributed by atoms with E-state index in [1.807, 2.05) is 12.1 Å². The van der Waals surface area contributed by atoms with Crippen molar-refractivity contribution in [2.75, 3.05) is 13.3 Å². The lowest BCUT2D eigenvalue weighted by Gasteiger charge is -2.30. The van der Waals surface area contributed by atoms with Gasteiger partial charge in [0.15, 0.2) is 0 Å². The summed E-state index contributed by atoms with van der Waals surface area (Å²) in [7, 11) is 0. The second-order valence-corrected chi connectivity index (χ2v) is 7.85. The number of nitriles is 1. The Morgan fingerprint density at radius 2 is 2.03 bits per heavy atom. The van der Waals surface area contributed by atoms with Gasteiger partial charge in [-0.1, -0.05) is 6.07 Å². The maximum atomic E-state index is 14.4. The lowest BCUT2D eigenvalue weighted by atomic mass is 9.92. The van der Waals surface area contributed by atoms with Crippen LogP contribution in [-0.2, 0) is 6.54 Å². The molecule has 0 unspecified atom stereocenters. The highest BCUT2D eigenvalue weighted by Crippen LogP contribution is 2.42. The Bertz CT molecular complexity index is 1090. The molecule has 0 saturated heterocycles. The Morgan fingerprint density at radius 1 is 1.27 bits per heavy atom. The molecule has 0 spiro atoms. The van der Waals surface area contributed by atoms with Crippen molar-refractivity contribution in [2.45, 2.75) is 44.8 Å². The number of rotatable bonds is 7. The second kappa shape index (κ2) is 8.49. The summed E-state index contributed by atoms with van der Waals surface area (Å²) < 4.78 is 41.7. The van der Waals surface area contributed by atoms with Crippen LogP contribution in [0.4, 0.5) is 13.2 Å². The minimum Gasteiger partial charge on any atom is -0.335 e. The van der Waals surface area contributed by atoms with Crippen LogP contribution in [0.5, 0.6) is 0 Å². The van der Waals surface area contributed by atoms with Gasteiger partial charge >= 0.3 is 0 Å². The van der Waals surface area contributed by atoms with Gasteiger partial charge in [0.1, 0.15) is 25.2 Å². The van der Waals surface area contributed by atoms with Crippen LogP contribution >= 0.6 is 0 Å². The van der Waals surface area contributed by atoms with E-state index in [0.29, 0.717) is 29.1 Å². The van der Waals surface area contributed by atoms with Crippen molar-refractivity contribution in [3.8, 4) is 17.5 Å². The number of fused-ring (bicyclic) bond motifs is 1. The Hall–Kier alpha value is -2.85. The molecule has 1 fully saturated rings. The van der Waals surface area contributed by atoms with Gasteiger partial charge in [-0.15, -0.1) is 0 Å². The van der Waals surface area contributed by atoms with Gasteiger partial charge in [-0.25, -0.2) is 13.2 Å². The molecule has 0 aliphatic heterocycles. The normalized spacial score (nSPS) is 14.3. The van der Waals surface area contributed by atoms with Gasteiger partial charge in [0.2, 0.25) is 0 Å². The zero-order chi connectivity index (χ0) is 21.3. The third-order valence-corrected chi connectivity index (χ3v) is 5.87. The first-order valence-electron chi connectivity index (χ1n) is 10.1. The van der Waals surface area contributed by atoms with Crippen molar-refractivity contribution in [1.29, 1.82) is 5.26 Å². The molecule has 30 heavy (non-hydrogen) atoms. The largest absolute Gasteiger partial charge is 0.335 e. The Morgan fingerprint density at radius 3 is 2.60 bits per heavy atom. The Labute approximate surface area is 173 Å². The van der Waals surface area contributed by atoms with Crippen molar-refractivity contribution in [1.82, 2.24) is 14.9 Å². The minimum absolute atomic E-state index is 0.213. The molecule has 0 amide bonds. The summed E-state index contributed by atoms with van der Waals surface area (Å²) in [6.45, 7) is 0.446. The lowest BCUT2D eigenvalue weighted by Crippen LogP contribution is -2.32. The number of aryl methyl sites for hydroxylation is 1. The zero-order valence-corrected chi connectivity index (χ0v) is 16.8. The van der Waals surface area contributed by atoms with Gasteiger partial charge in [-0.2, -0.15) is 5.26 Å². The summed E-state index contributed by atoms with van der Waals surface area (Å²) in [5.74, 6) is -0.290. The quantitative estimate of drug-likeness (QED) is 0.584. The van der Waals surface area contributed by atoms with Crippen LogP contribution in [0.25, 0.3) is 22.3 Å². The highest BCUT2D eigenvalue weighted by Gasteiger charge is 2.28. The van der Waals surface area contributed by atoms with E-state index in [0.717, 1.165) is 35.7 Å². The number of hydrogen-bond donors (Lipinski definition) is 1. The van der Waals surface area contributed by atoms with Crippen molar-refractivity contribution >= 4 is 10.9 Å². The summed E-state index contributed by atoms with van der Waals surface area (Å²) in [5.41, 5.74) is 3.83. The van der Waals surface area contributed by atoms with E-state index in [9.17, 15) is 18.4 Å². The molecule has 1 saturated carbocycles. The average Bonchev–Trinajstić information content (AvgIpc) is 3.01. The molecule has 1 N–H and O–H groups in total. The van der Waals surface area contributed by atoms with E-state index in [-0.39, 0.29) is 11.9 Å². The molecule has 0 bridgehead atoms. The van der Waals surface area contributed by atoms with Crippen LogP contribution in [-0.4, -0.2) is 28.9 Å². The van der Waals surface area contributed by atoms with Crippen molar-refractivity contribution in [3.05, 3.63) is 53.0 Å². The smallest absolute Gasteiger partial charge is 0.128 e. The molecule has 4 rings (SSSR count). The van der Waals surface area contributed by atoms with Gasteiger partial charge in [0.25, 0.3) is 0 Å². The molecule has 2 heterocycles. The van der Waals surface area contributed by atoms with Gasteiger partial charge in [0.05, 0.1) is 28.5 Å². The molecule has 2 aromatic heterocycles. The molecular weight excluding hydrogens is 389 g/mol. The van der Waals surface area contributed by atoms with Gasteiger partial charge < -0.3 is 9.88 Å². The van der Waals surface area contributed by atoms with Crippen molar-refractivity contribution in [3.63, 3.8) is 0 Å². The van der Waals surface area contributed by atoms with Crippen molar-refractivity contribution < 1.29 is 13.2 Å². The predicted octanol–water partition coefficient (Wildman–Crippen LogP) is 5.14. The van der Waals surface area contributed by atoms with Crippen LogP contribution in [0.3, 0.4) is 0 Å². The lowest BCUT2D eigenvalue weighted by molar-refractivity contribution is 0.307. The monoisotopic (exact) mass is 412 g/mol. The number of halogens is 3. The molecule has 4 nitrogen and oxygen atoms in total. The molecular formula is C23H23F3N4. The Balaban J connectivity index is 1.77. The maximum Gasteiger partial charge on any atom is 0.128 e. The van der Waals surface area contributed by atoms with Crippen LogP contribution < -0.4 is 5.32 Å². The van der Waals surface area contributed by atoms with Crippen LogP contribution in [0.2, 0.25) is 0 Å². The number of hydrogen-bond acceptors (Lipinski definition) is 3. The van der Waals surface area contributed by atoms with Gasteiger partial charge in [0, 0.05) is 24.2 Å². The number of nitrogens with one attached hydrogen (secondary N) is 1. The van der Waals surface area contributed by atoms with E-state index in [1.54, 1.807) is 19.2 Å². The molecule has 1 aromatic carbocycles. The van der Waals surface area contributed by atoms with Crippen molar-refractivity contribution in [2.24, 2.45) is 0 Å². The van der Waals surface area contributed by atoms with Gasteiger partial charge in [-0.3, -0.25) is 4.98 Å². The molecule has 1 aliphatic carbocycles. The van der Waals surface area contributed by atoms with E-state index >= 15 is 0 Å².